The highest BCUT2D eigenvalue weighted by atomic mass is 79.9. The summed E-state index contributed by atoms with van der Waals surface area (Å²) in [4.78, 5) is 0. The van der Waals surface area contributed by atoms with E-state index >= 15 is 0 Å². The molecule has 0 saturated carbocycles. The third-order valence-electron chi connectivity index (χ3n) is 1.06. The quantitative estimate of drug-likeness (QED) is 0.808. The molecule has 0 aliphatic carbocycles. The smallest absolute Gasteiger partial charge is 0.140 e. The molecule has 1 aromatic heterocycles. The fraction of sp³-hybridized carbons (Fsp3) is 0.333. The van der Waals surface area contributed by atoms with Crippen molar-refractivity contribution in [2.75, 3.05) is 6.67 Å². The van der Waals surface area contributed by atoms with Crippen LogP contribution < -0.4 is 0 Å². The van der Waals surface area contributed by atoms with E-state index < -0.39 is 12.8 Å². The lowest BCUT2D eigenvalue weighted by Crippen LogP contribution is -1.96. The van der Waals surface area contributed by atoms with Gasteiger partial charge in [0.1, 0.15) is 24.8 Å². The van der Waals surface area contributed by atoms with Crippen LogP contribution in [0.15, 0.2) is 21.2 Å². The van der Waals surface area contributed by atoms with Gasteiger partial charge in [-0.3, -0.25) is 0 Å². The average molecular weight is 209 g/mol. The fourth-order valence-corrected chi connectivity index (χ4v) is 0.898. The van der Waals surface area contributed by atoms with Crippen molar-refractivity contribution in [1.82, 2.24) is 0 Å². The Morgan fingerprint density at radius 2 is 2.50 bits per heavy atom. The van der Waals surface area contributed by atoms with E-state index in [-0.39, 0.29) is 5.76 Å². The second-order valence-electron chi connectivity index (χ2n) is 1.84. The Bertz CT molecular complexity index is 211. The van der Waals surface area contributed by atoms with Crippen molar-refractivity contribution in [3.63, 3.8) is 0 Å². The number of aliphatic hydroxyl groups excluding tert-OH is 1. The van der Waals surface area contributed by atoms with E-state index in [1.54, 1.807) is 0 Å². The van der Waals surface area contributed by atoms with Crippen molar-refractivity contribution in [3.8, 4) is 0 Å². The highest BCUT2D eigenvalue weighted by molar-refractivity contribution is 9.10. The molecule has 0 saturated heterocycles. The molecule has 1 heterocycles. The van der Waals surface area contributed by atoms with Crippen molar-refractivity contribution in [2.24, 2.45) is 0 Å². The van der Waals surface area contributed by atoms with Gasteiger partial charge in [0.15, 0.2) is 0 Å². The number of rotatable bonds is 2. The second-order valence-corrected chi connectivity index (χ2v) is 2.75. The molecule has 0 aliphatic heterocycles. The van der Waals surface area contributed by atoms with Crippen LogP contribution in [0.5, 0.6) is 0 Å². The standard InChI is InChI=1S/C6H6BrFO2/c7-4-1-6(10-3-4)5(9)2-8/h1,3,5,9H,2H2. The van der Waals surface area contributed by atoms with Gasteiger partial charge in [0.25, 0.3) is 0 Å². The summed E-state index contributed by atoms with van der Waals surface area (Å²) in [6.07, 6.45) is 0.264. The predicted octanol–water partition coefficient (Wildman–Crippen LogP) is 2.04. The second kappa shape index (κ2) is 3.16. The third-order valence-corrected chi connectivity index (χ3v) is 1.48. The molecular weight excluding hydrogens is 203 g/mol. The minimum atomic E-state index is -1.13. The minimum Gasteiger partial charge on any atom is -0.465 e. The van der Waals surface area contributed by atoms with E-state index in [1.807, 2.05) is 0 Å². The molecule has 0 bridgehead atoms. The molecular formula is C6H6BrFO2. The van der Waals surface area contributed by atoms with Gasteiger partial charge in [-0.15, -0.1) is 0 Å². The van der Waals surface area contributed by atoms with Gasteiger partial charge in [0.2, 0.25) is 0 Å². The van der Waals surface area contributed by atoms with Gasteiger partial charge in [-0.05, 0) is 22.0 Å². The molecule has 0 radical (unpaired) electrons. The van der Waals surface area contributed by atoms with Crippen molar-refractivity contribution in [3.05, 3.63) is 22.6 Å². The molecule has 10 heavy (non-hydrogen) atoms. The van der Waals surface area contributed by atoms with Gasteiger partial charge in [-0.2, -0.15) is 0 Å². The average Bonchev–Trinajstić information content (AvgIpc) is 2.34. The van der Waals surface area contributed by atoms with E-state index in [2.05, 4.69) is 15.9 Å². The number of halogens is 2. The Morgan fingerprint density at radius 3 is 2.90 bits per heavy atom. The normalized spacial score (nSPS) is 13.5. The summed E-state index contributed by atoms with van der Waals surface area (Å²) in [5.74, 6) is 0.245. The number of aliphatic hydroxyl groups is 1. The largest absolute Gasteiger partial charge is 0.465 e. The molecule has 2 nitrogen and oxygen atoms in total. The van der Waals surface area contributed by atoms with Crippen LogP contribution in [0.2, 0.25) is 0 Å². The Hall–Kier alpha value is -0.350. The zero-order valence-corrected chi connectivity index (χ0v) is 6.64. The van der Waals surface area contributed by atoms with Crippen LogP contribution in [-0.2, 0) is 0 Å². The summed E-state index contributed by atoms with van der Waals surface area (Å²) in [5, 5.41) is 8.85. The summed E-state index contributed by atoms with van der Waals surface area (Å²) >= 11 is 3.10. The molecule has 1 aromatic rings. The Balaban J connectivity index is 2.74. The van der Waals surface area contributed by atoms with Gasteiger partial charge in [0, 0.05) is 0 Å². The van der Waals surface area contributed by atoms with Gasteiger partial charge in [-0.25, -0.2) is 4.39 Å². The summed E-state index contributed by atoms with van der Waals surface area (Å²) < 4.78 is 17.2. The lowest BCUT2D eigenvalue weighted by atomic mass is 10.3. The van der Waals surface area contributed by atoms with Crippen molar-refractivity contribution in [2.45, 2.75) is 6.10 Å². The molecule has 1 N–H and O–H groups in total. The molecule has 4 heteroatoms. The van der Waals surface area contributed by atoms with Crippen LogP contribution in [0, 0.1) is 0 Å². The molecule has 1 unspecified atom stereocenters. The topological polar surface area (TPSA) is 33.4 Å². The molecule has 0 aliphatic rings. The van der Waals surface area contributed by atoms with Crippen LogP contribution in [0.3, 0.4) is 0 Å². The molecule has 0 amide bonds. The zero-order valence-electron chi connectivity index (χ0n) is 5.05. The maximum absolute atomic E-state index is 11.8. The number of furan rings is 1. The maximum Gasteiger partial charge on any atom is 0.140 e. The molecule has 1 atom stereocenters. The van der Waals surface area contributed by atoms with Crippen LogP contribution >= 0.6 is 15.9 Å². The van der Waals surface area contributed by atoms with E-state index in [4.69, 9.17) is 9.52 Å². The highest BCUT2D eigenvalue weighted by Gasteiger charge is 2.10. The Kier molecular flexibility index (Phi) is 2.45. The minimum absolute atomic E-state index is 0.245. The maximum atomic E-state index is 11.8. The summed E-state index contributed by atoms with van der Waals surface area (Å²) in [6.45, 7) is -0.819. The summed E-state index contributed by atoms with van der Waals surface area (Å²) in [7, 11) is 0. The van der Waals surface area contributed by atoms with E-state index in [0.29, 0.717) is 4.47 Å². The van der Waals surface area contributed by atoms with Crippen molar-refractivity contribution >= 4 is 15.9 Å². The first-order valence-corrected chi connectivity index (χ1v) is 3.51. The van der Waals surface area contributed by atoms with Gasteiger partial charge >= 0.3 is 0 Å². The summed E-state index contributed by atoms with van der Waals surface area (Å²) in [5.41, 5.74) is 0. The Morgan fingerprint density at radius 1 is 1.80 bits per heavy atom. The van der Waals surface area contributed by atoms with Gasteiger partial charge in [0.05, 0.1) is 4.47 Å². The monoisotopic (exact) mass is 208 g/mol. The van der Waals surface area contributed by atoms with Crippen LogP contribution in [0.25, 0.3) is 0 Å². The molecule has 0 aromatic carbocycles. The van der Waals surface area contributed by atoms with Crippen LogP contribution in [0.4, 0.5) is 4.39 Å². The zero-order chi connectivity index (χ0) is 7.56. The SMILES string of the molecule is OC(CF)c1cc(Br)co1. The first kappa shape index (κ1) is 7.75. The lowest BCUT2D eigenvalue weighted by molar-refractivity contribution is 0.118. The number of alkyl halides is 1. The fourth-order valence-electron chi connectivity index (χ4n) is 0.579. The molecule has 0 spiro atoms. The van der Waals surface area contributed by atoms with Gasteiger partial charge < -0.3 is 9.52 Å². The number of hydrogen-bond acceptors (Lipinski definition) is 2. The van der Waals surface area contributed by atoms with E-state index in [1.165, 1.54) is 12.3 Å². The number of hydrogen-bond donors (Lipinski definition) is 1. The van der Waals surface area contributed by atoms with Crippen LogP contribution in [0.1, 0.15) is 11.9 Å². The molecule has 56 valence electrons. The summed E-state index contributed by atoms with van der Waals surface area (Å²) in [6, 6.07) is 1.53. The third kappa shape index (κ3) is 1.58. The first-order valence-electron chi connectivity index (χ1n) is 2.72. The van der Waals surface area contributed by atoms with E-state index in [0.717, 1.165) is 0 Å². The van der Waals surface area contributed by atoms with Crippen molar-refractivity contribution < 1.29 is 13.9 Å². The van der Waals surface area contributed by atoms with E-state index in [9.17, 15) is 4.39 Å². The van der Waals surface area contributed by atoms with Gasteiger partial charge in [-0.1, -0.05) is 0 Å². The van der Waals surface area contributed by atoms with Crippen LogP contribution in [-0.4, -0.2) is 11.8 Å². The predicted molar refractivity (Wildman–Crippen MR) is 37.3 cm³/mol. The molecule has 1 rings (SSSR count). The first-order chi connectivity index (χ1) is 4.74. The lowest BCUT2D eigenvalue weighted by Gasteiger charge is -1.98. The molecule has 0 fully saturated rings. The van der Waals surface area contributed by atoms with Crippen molar-refractivity contribution in [1.29, 1.82) is 0 Å². The Labute approximate surface area is 65.8 Å². The highest BCUT2D eigenvalue weighted by Crippen LogP contribution is 2.20.